The fraction of sp³-hybridized carbons (Fsp3) is 0.478. The maximum absolute atomic E-state index is 13.6. The monoisotopic (exact) mass is 552 g/mol. The minimum Gasteiger partial charge on any atom is -0.494 e. The van der Waals surface area contributed by atoms with E-state index in [1.54, 1.807) is 22.8 Å². The number of methoxy groups -OCH3 is 3. The molecule has 1 aliphatic rings. The summed E-state index contributed by atoms with van der Waals surface area (Å²) < 4.78 is 53.8. The van der Waals surface area contributed by atoms with E-state index in [-0.39, 0.29) is 23.8 Å². The van der Waals surface area contributed by atoms with E-state index in [9.17, 15) is 8.42 Å². The highest BCUT2D eigenvalue weighted by Gasteiger charge is 2.37. The second kappa shape index (κ2) is 11.2. The molecule has 4 atom stereocenters. The van der Waals surface area contributed by atoms with Crippen LogP contribution in [0.5, 0.6) is 11.5 Å². The number of ether oxygens (including phenoxy) is 4. The van der Waals surface area contributed by atoms with E-state index in [2.05, 4.69) is 24.9 Å². The van der Waals surface area contributed by atoms with Gasteiger partial charge in [0.1, 0.15) is 34.4 Å². The summed E-state index contributed by atoms with van der Waals surface area (Å²) in [5, 5.41) is 7.81. The number of halogens is 1. The number of sulfonamides is 1. The molecule has 3 heterocycles. The van der Waals surface area contributed by atoms with Gasteiger partial charge in [-0.25, -0.2) is 18.4 Å². The molecule has 14 heteroatoms. The van der Waals surface area contributed by atoms with Crippen LogP contribution in [0.25, 0.3) is 5.69 Å². The van der Waals surface area contributed by atoms with Crippen LogP contribution < -0.4 is 14.2 Å². The minimum atomic E-state index is -4.10. The van der Waals surface area contributed by atoms with Crippen LogP contribution in [0.15, 0.2) is 30.6 Å². The molecule has 1 N–H and O–H groups in total. The molecule has 12 nitrogen and oxygen atoms in total. The Bertz CT molecular complexity index is 1310. The van der Waals surface area contributed by atoms with Crippen molar-refractivity contribution in [3.8, 4) is 17.2 Å². The number of rotatable bonds is 10. The zero-order valence-corrected chi connectivity index (χ0v) is 22.7. The van der Waals surface area contributed by atoms with Crippen LogP contribution in [0.3, 0.4) is 0 Å². The summed E-state index contributed by atoms with van der Waals surface area (Å²) in [6.07, 6.45) is 2.33. The van der Waals surface area contributed by atoms with Gasteiger partial charge in [-0.05, 0) is 32.4 Å². The van der Waals surface area contributed by atoms with Crippen molar-refractivity contribution < 1.29 is 27.4 Å². The lowest BCUT2D eigenvalue weighted by Gasteiger charge is -2.23. The molecule has 37 heavy (non-hydrogen) atoms. The quantitative estimate of drug-likeness (QED) is 0.399. The topological polar surface area (TPSA) is 140 Å². The lowest BCUT2D eigenvalue weighted by Crippen LogP contribution is -2.33. The van der Waals surface area contributed by atoms with Crippen LogP contribution in [0.4, 0.5) is 5.95 Å². The zero-order valence-electron chi connectivity index (χ0n) is 21.1. The van der Waals surface area contributed by atoms with E-state index in [0.717, 1.165) is 0 Å². The molecule has 0 bridgehead atoms. The lowest BCUT2D eigenvalue weighted by atomic mass is 10.0. The number of aromatic nitrogens is 5. The molecule has 3 aromatic rings. The molecule has 2 aromatic heterocycles. The molecule has 0 aliphatic carbocycles. The van der Waals surface area contributed by atoms with Gasteiger partial charge in [-0.2, -0.15) is 0 Å². The van der Waals surface area contributed by atoms with Crippen LogP contribution in [-0.4, -0.2) is 72.4 Å². The van der Waals surface area contributed by atoms with Crippen molar-refractivity contribution in [2.24, 2.45) is 0 Å². The first kappa shape index (κ1) is 27.0. The summed E-state index contributed by atoms with van der Waals surface area (Å²) in [5.74, 6) is 1.43. The number of hydrogen-bond donors (Lipinski definition) is 1. The molecule has 0 saturated carbocycles. The van der Waals surface area contributed by atoms with Gasteiger partial charge in [0, 0.05) is 32.0 Å². The van der Waals surface area contributed by atoms with Crippen molar-refractivity contribution >= 4 is 27.6 Å². The SMILES string of the molecule is COc1cccc(OC)c1-n1c(NS(=O)(=O)C(C)C(OC)c2ncc(Cl)cn2)nnc1[C@H]1CCO[C@@H]1C. The maximum Gasteiger partial charge on any atom is 0.243 e. The Kier molecular flexibility index (Phi) is 8.17. The molecular weight excluding hydrogens is 524 g/mol. The average molecular weight is 553 g/mol. The Morgan fingerprint density at radius 2 is 1.78 bits per heavy atom. The summed E-state index contributed by atoms with van der Waals surface area (Å²) in [7, 11) is 0.322. The summed E-state index contributed by atoms with van der Waals surface area (Å²) >= 11 is 5.88. The molecular formula is C23H29ClN6O6S. The van der Waals surface area contributed by atoms with Gasteiger partial charge in [0.05, 0.1) is 25.3 Å². The number of nitrogens with one attached hydrogen (secondary N) is 1. The Balaban J connectivity index is 1.80. The van der Waals surface area contributed by atoms with Crippen molar-refractivity contribution in [3.05, 3.63) is 47.3 Å². The highest BCUT2D eigenvalue weighted by atomic mass is 35.5. The molecule has 0 spiro atoms. The third-order valence-electron chi connectivity index (χ3n) is 6.32. The smallest absolute Gasteiger partial charge is 0.243 e. The van der Waals surface area contributed by atoms with Crippen LogP contribution in [-0.2, 0) is 19.5 Å². The second-order valence-electron chi connectivity index (χ2n) is 8.47. The summed E-state index contributed by atoms with van der Waals surface area (Å²) in [6.45, 7) is 3.99. The van der Waals surface area contributed by atoms with Gasteiger partial charge in [0.15, 0.2) is 5.82 Å². The van der Waals surface area contributed by atoms with Crippen molar-refractivity contribution in [1.82, 2.24) is 24.7 Å². The first-order valence-corrected chi connectivity index (χ1v) is 13.4. The van der Waals surface area contributed by atoms with Gasteiger partial charge in [-0.15, -0.1) is 10.2 Å². The maximum atomic E-state index is 13.6. The van der Waals surface area contributed by atoms with E-state index < -0.39 is 21.4 Å². The van der Waals surface area contributed by atoms with Gasteiger partial charge < -0.3 is 18.9 Å². The second-order valence-corrected chi connectivity index (χ2v) is 10.9. The minimum absolute atomic E-state index is 0.0318. The first-order valence-electron chi connectivity index (χ1n) is 11.5. The average Bonchev–Trinajstić information content (AvgIpc) is 3.49. The Morgan fingerprint density at radius 3 is 2.32 bits per heavy atom. The van der Waals surface area contributed by atoms with Crippen LogP contribution in [0.1, 0.15) is 43.9 Å². The largest absolute Gasteiger partial charge is 0.494 e. The number of nitrogens with zero attached hydrogens (tertiary/aromatic N) is 5. The van der Waals surface area contributed by atoms with Crippen molar-refractivity contribution in [3.63, 3.8) is 0 Å². The Morgan fingerprint density at radius 1 is 1.14 bits per heavy atom. The molecule has 1 fully saturated rings. The standard InChI is InChI=1S/C23H29ClN6O6S/c1-13-16(9-10-36-13)22-27-28-23(30(22)19-17(33-3)7-6-8-18(19)34-4)29-37(31,32)14(2)20(35-5)21-25-11-15(24)12-26-21/h6-8,11-14,16,20H,9-10H2,1-5H3,(H,28,29)/t13-,14?,16+,20?/m1/s1. The van der Waals surface area contributed by atoms with E-state index in [0.29, 0.717) is 41.1 Å². The van der Waals surface area contributed by atoms with Gasteiger partial charge in [-0.1, -0.05) is 17.7 Å². The highest BCUT2D eigenvalue weighted by Crippen LogP contribution is 2.40. The highest BCUT2D eigenvalue weighted by molar-refractivity contribution is 7.93. The summed E-state index contributed by atoms with van der Waals surface area (Å²) in [6, 6.07) is 5.26. The molecule has 0 amide bonds. The van der Waals surface area contributed by atoms with Crippen LogP contribution >= 0.6 is 11.6 Å². The lowest BCUT2D eigenvalue weighted by molar-refractivity contribution is 0.0950. The predicted octanol–water partition coefficient (Wildman–Crippen LogP) is 3.14. The van der Waals surface area contributed by atoms with Crippen LogP contribution in [0.2, 0.25) is 5.02 Å². The van der Waals surface area contributed by atoms with E-state index in [4.69, 9.17) is 30.5 Å². The fourth-order valence-corrected chi connectivity index (χ4v) is 5.53. The number of hydrogen-bond acceptors (Lipinski definition) is 10. The Labute approximate surface area is 220 Å². The number of para-hydroxylation sites is 1. The van der Waals surface area contributed by atoms with E-state index >= 15 is 0 Å². The molecule has 0 radical (unpaired) electrons. The van der Waals surface area contributed by atoms with Gasteiger partial charge in [0.25, 0.3) is 0 Å². The molecule has 2 unspecified atom stereocenters. The van der Waals surface area contributed by atoms with E-state index in [1.807, 2.05) is 6.92 Å². The van der Waals surface area contributed by atoms with Crippen molar-refractivity contribution in [1.29, 1.82) is 0 Å². The molecule has 1 saturated heterocycles. The fourth-order valence-electron chi connectivity index (χ4n) is 4.30. The van der Waals surface area contributed by atoms with Gasteiger partial charge in [-0.3, -0.25) is 9.29 Å². The Hall–Kier alpha value is -3.00. The van der Waals surface area contributed by atoms with Gasteiger partial charge >= 0.3 is 0 Å². The third kappa shape index (κ3) is 5.35. The number of anilines is 1. The third-order valence-corrected chi connectivity index (χ3v) is 8.21. The van der Waals surface area contributed by atoms with Crippen molar-refractivity contribution in [2.45, 2.75) is 43.6 Å². The first-order chi connectivity index (χ1) is 17.7. The van der Waals surface area contributed by atoms with Gasteiger partial charge in [0.2, 0.25) is 16.0 Å². The van der Waals surface area contributed by atoms with Crippen molar-refractivity contribution in [2.75, 3.05) is 32.7 Å². The summed E-state index contributed by atoms with van der Waals surface area (Å²) in [5.41, 5.74) is 0.460. The molecule has 1 aliphatic heterocycles. The zero-order chi connectivity index (χ0) is 26.7. The number of benzene rings is 1. The molecule has 1 aromatic carbocycles. The normalized spacial score (nSPS) is 19.4. The van der Waals surface area contributed by atoms with Crippen LogP contribution in [0, 0.1) is 0 Å². The van der Waals surface area contributed by atoms with E-state index in [1.165, 1.54) is 40.6 Å². The molecule has 4 rings (SSSR count). The predicted molar refractivity (Wildman–Crippen MR) is 136 cm³/mol. The summed E-state index contributed by atoms with van der Waals surface area (Å²) in [4.78, 5) is 8.25. The molecule has 200 valence electrons.